The molecule has 0 fully saturated rings. The first-order valence-electron chi connectivity index (χ1n) is 6.02. The SMILES string of the molecule is CNC(=O)P1(=O)N(CCCl)C(=O)c2ccccc2N1C. The third-order valence-electron chi connectivity index (χ3n) is 3.23. The highest BCUT2D eigenvalue weighted by Crippen LogP contribution is 2.58. The minimum atomic E-state index is -3.73. The number of hydrogen-bond donors (Lipinski definition) is 1. The van der Waals surface area contributed by atoms with Crippen molar-refractivity contribution in [2.45, 2.75) is 0 Å². The van der Waals surface area contributed by atoms with Crippen LogP contribution < -0.4 is 9.99 Å². The van der Waals surface area contributed by atoms with E-state index in [0.717, 1.165) is 4.67 Å². The topological polar surface area (TPSA) is 69.7 Å². The number of carbonyl (C=O) groups excluding carboxylic acids is 2. The normalized spacial score (nSPS) is 21.6. The summed E-state index contributed by atoms with van der Waals surface area (Å²) in [4.78, 5) is 24.6. The van der Waals surface area contributed by atoms with Crippen LogP contribution in [0, 0.1) is 0 Å². The van der Waals surface area contributed by atoms with Gasteiger partial charge in [0.05, 0.1) is 11.3 Å². The summed E-state index contributed by atoms with van der Waals surface area (Å²) in [5, 5.41) is 2.36. The van der Waals surface area contributed by atoms with Crippen molar-refractivity contribution in [3.8, 4) is 0 Å². The molecule has 20 heavy (non-hydrogen) atoms. The molecule has 1 heterocycles. The van der Waals surface area contributed by atoms with Crippen molar-refractivity contribution in [2.75, 3.05) is 31.2 Å². The Labute approximate surface area is 122 Å². The predicted molar refractivity (Wildman–Crippen MR) is 78.7 cm³/mol. The molecule has 1 aliphatic rings. The van der Waals surface area contributed by atoms with Crippen molar-refractivity contribution in [1.29, 1.82) is 0 Å². The fourth-order valence-electron chi connectivity index (χ4n) is 2.22. The molecule has 1 aliphatic heterocycles. The lowest BCUT2D eigenvalue weighted by Crippen LogP contribution is -2.45. The van der Waals surface area contributed by atoms with Crippen LogP contribution in [0.5, 0.6) is 0 Å². The third kappa shape index (κ3) is 2.00. The molecular formula is C12H15ClN3O3P. The van der Waals surface area contributed by atoms with E-state index in [1.165, 1.54) is 11.7 Å². The summed E-state index contributed by atoms with van der Waals surface area (Å²) in [7, 11) is -0.795. The minimum absolute atomic E-state index is 0.0454. The van der Waals surface area contributed by atoms with E-state index < -0.39 is 19.0 Å². The number of halogens is 1. The van der Waals surface area contributed by atoms with Gasteiger partial charge in [-0.05, 0) is 12.1 Å². The summed E-state index contributed by atoms with van der Waals surface area (Å²) in [6.45, 7) is 0.0454. The number of anilines is 1. The second kappa shape index (κ2) is 5.46. The monoisotopic (exact) mass is 315 g/mol. The lowest BCUT2D eigenvalue weighted by Gasteiger charge is -2.41. The lowest BCUT2D eigenvalue weighted by molar-refractivity contribution is 0.0860. The Morgan fingerprint density at radius 2 is 2.05 bits per heavy atom. The van der Waals surface area contributed by atoms with Gasteiger partial charge in [-0.15, -0.1) is 11.6 Å². The van der Waals surface area contributed by atoms with E-state index in [1.54, 1.807) is 31.3 Å². The number of nitrogens with one attached hydrogen (secondary N) is 1. The lowest BCUT2D eigenvalue weighted by atomic mass is 10.1. The Hall–Kier alpha value is -1.52. The van der Waals surface area contributed by atoms with E-state index in [-0.39, 0.29) is 12.4 Å². The molecule has 1 aromatic rings. The highest BCUT2D eigenvalue weighted by molar-refractivity contribution is 7.80. The van der Waals surface area contributed by atoms with E-state index in [0.29, 0.717) is 11.3 Å². The smallest absolute Gasteiger partial charge is 0.350 e. The quantitative estimate of drug-likeness (QED) is 0.686. The summed E-state index contributed by atoms with van der Waals surface area (Å²) in [6.07, 6.45) is 0. The number of rotatable bonds is 3. The molecule has 2 rings (SSSR count). The van der Waals surface area contributed by atoms with Gasteiger partial charge in [0.15, 0.2) is 0 Å². The van der Waals surface area contributed by atoms with E-state index in [4.69, 9.17) is 11.6 Å². The van der Waals surface area contributed by atoms with Gasteiger partial charge < -0.3 is 9.99 Å². The van der Waals surface area contributed by atoms with Crippen LogP contribution in [0.1, 0.15) is 10.4 Å². The van der Waals surface area contributed by atoms with Crippen LogP contribution in [0.25, 0.3) is 0 Å². The van der Waals surface area contributed by atoms with Crippen LogP contribution in [-0.4, -0.2) is 42.7 Å². The first-order valence-corrected chi connectivity index (χ1v) is 8.17. The Morgan fingerprint density at radius 3 is 2.65 bits per heavy atom. The molecule has 6 nitrogen and oxygen atoms in total. The molecule has 0 radical (unpaired) electrons. The molecule has 1 N–H and O–H groups in total. The van der Waals surface area contributed by atoms with E-state index in [2.05, 4.69) is 5.32 Å². The summed E-state index contributed by atoms with van der Waals surface area (Å²) < 4.78 is 15.6. The van der Waals surface area contributed by atoms with Crippen LogP contribution in [0.15, 0.2) is 24.3 Å². The van der Waals surface area contributed by atoms with Crippen LogP contribution in [0.3, 0.4) is 0 Å². The van der Waals surface area contributed by atoms with Gasteiger partial charge in [-0.2, -0.15) is 0 Å². The summed E-state index contributed by atoms with van der Waals surface area (Å²) in [5.74, 6) is -0.339. The van der Waals surface area contributed by atoms with Gasteiger partial charge in [0.2, 0.25) is 0 Å². The highest BCUT2D eigenvalue weighted by Gasteiger charge is 2.49. The molecule has 1 aromatic carbocycles. The van der Waals surface area contributed by atoms with Gasteiger partial charge in [0, 0.05) is 26.5 Å². The largest absolute Gasteiger partial charge is 0.351 e. The van der Waals surface area contributed by atoms with E-state index in [9.17, 15) is 14.2 Å². The van der Waals surface area contributed by atoms with Crippen molar-refractivity contribution in [3.05, 3.63) is 29.8 Å². The number of fused-ring (bicyclic) bond motifs is 1. The molecule has 0 saturated heterocycles. The molecule has 1 unspecified atom stereocenters. The van der Waals surface area contributed by atoms with Crippen LogP contribution in [0.2, 0.25) is 0 Å². The number of amides is 2. The van der Waals surface area contributed by atoms with Crippen LogP contribution in [-0.2, 0) is 4.57 Å². The van der Waals surface area contributed by atoms with Crippen LogP contribution in [0.4, 0.5) is 10.5 Å². The molecule has 0 saturated carbocycles. The zero-order chi connectivity index (χ0) is 14.9. The average Bonchev–Trinajstić information content (AvgIpc) is 2.48. The van der Waals surface area contributed by atoms with Gasteiger partial charge in [-0.3, -0.25) is 18.8 Å². The predicted octanol–water partition coefficient (Wildman–Crippen LogP) is 2.35. The number of nitrogens with zero attached hydrogens (tertiary/aromatic N) is 2. The first kappa shape index (κ1) is 14.9. The summed E-state index contributed by atoms with van der Waals surface area (Å²) in [5.41, 5.74) is 0.207. The van der Waals surface area contributed by atoms with E-state index >= 15 is 0 Å². The standard InChI is InChI=1S/C12H15ClN3O3P/c1-14-12(18)20(19)15(2)10-6-4-3-5-9(10)11(17)16(20)8-7-13/h3-6H,7-8H2,1-2H3,(H,14,18). The number of hydrogen-bond acceptors (Lipinski definition) is 3. The summed E-state index contributed by atoms with van der Waals surface area (Å²) in [6, 6.07) is 6.76. The van der Waals surface area contributed by atoms with Gasteiger partial charge in [0.1, 0.15) is 0 Å². The average molecular weight is 316 g/mol. The van der Waals surface area contributed by atoms with Crippen molar-refractivity contribution >= 4 is 36.3 Å². The summed E-state index contributed by atoms with van der Waals surface area (Å²) >= 11 is 5.68. The van der Waals surface area contributed by atoms with Gasteiger partial charge in [-0.1, -0.05) is 12.1 Å². The van der Waals surface area contributed by atoms with Crippen molar-refractivity contribution in [2.24, 2.45) is 0 Å². The fraction of sp³-hybridized carbons (Fsp3) is 0.333. The number of para-hydroxylation sites is 1. The molecule has 0 aliphatic carbocycles. The van der Waals surface area contributed by atoms with Crippen molar-refractivity contribution in [1.82, 2.24) is 9.99 Å². The van der Waals surface area contributed by atoms with Crippen LogP contribution >= 0.6 is 19.0 Å². The second-order valence-corrected chi connectivity index (χ2v) is 7.21. The molecule has 1 atom stereocenters. The van der Waals surface area contributed by atoms with Gasteiger partial charge in [0.25, 0.3) is 5.91 Å². The fourth-order valence-corrected chi connectivity index (χ4v) is 4.80. The zero-order valence-corrected chi connectivity index (χ0v) is 12.8. The highest BCUT2D eigenvalue weighted by atomic mass is 35.5. The third-order valence-corrected chi connectivity index (χ3v) is 6.21. The van der Waals surface area contributed by atoms with Gasteiger partial charge in [-0.25, -0.2) is 0 Å². The zero-order valence-electron chi connectivity index (χ0n) is 11.2. The Balaban J connectivity index is 2.65. The number of benzene rings is 1. The van der Waals surface area contributed by atoms with Crippen molar-refractivity contribution < 1.29 is 14.2 Å². The maximum Gasteiger partial charge on any atom is 0.351 e. The Bertz CT molecular complexity index is 607. The molecule has 8 heteroatoms. The number of carbonyl (C=O) groups is 2. The Kier molecular flexibility index (Phi) is 4.06. The number of alkyl halides is 1. The molecule has 108 valence electrons. The maximum absolute atomic E-state index is 13.1. The van der Waals surface area contributed by atoms with Crippen molar-refractivity contribution in [3.63, 3.8) is 0 Å². The second-order valence-electron chi connectivity index (χ2n) is 4.26. The van der Waals surface area contributed by atoms with E-state index in [1.807, 2.05) is 0 Å². The van der Waals surface area contributed by atoms with Gasteiger partial charge >= 0.3 is 13.1 Å². The molecule has 0 bridgehead atoms. The molecule has 0 aromatic heterocycles. The first-order chi connectivity index (χ1) is 9.48. The maximum atomic E-state index is 13.1. The molecule has 2 amide bonds. The minimum Gasteiger partial charge on any atom is -0.350 e. The molecular weight excluding hydrogens is 301 g/mol. The molecule has 0 spiro atoms. The Morgan fingerprint density at radius 1 is 1.40 bits per heavy atom.